The lowest BCUT2D eigenvalue weighted by Gasteiger charge is -2.16. The van der Waals surface area contributed by atoms with E-state index in [1.807, 2.05) is 24.3 Å². The fraction of sp³-hybridized carbons (Fsp3) is 0.250. The Balaban J connectivity index is 1.58. The second kappa shape index (κ2) is 6.83. The number of amides is 1. The first-order valence-corrected chi connectivity index (χ1v) is 8.60. The molecule has 1 atom stereocenters. The van der Waals surface area contributed by atoms with Crippen LogP contribution in [-0.2, 0) is 4.79 Å². The van der Waals surface area contributed by atoms with Crippen molar-refractivity contribution in [1.29, 1.82) is 0 Å². The predicted molar refractivity (Wildman–Crippen MR) is 97.1 cm³/mol. The van der Waals surface area contributed by atoms with Gasteiger partial charge in [0.25, 0.3) is 0 Å². The van der Waals surface area contributed by atoms with Crippen molar-refractivity contribution in [2.24, 2.45) is 0 Å². The SMILES string of the molecule is COc1ccccc1-c1noc(C2CC(=O)N(c3ccc(C)c(F)c3)C2)n1. The third-order valence-corrected chi connectivity index (χ3v) is 4.73. The molecule has 1 fully saturated rings. The molecule has 1 aliphatic heterocycles. The first kappa shape index (κ1) is 17.2. The van der Waals surface area contributed by atoms with Gasteiger partial charge in [-0.2, -0.15) is 4.98 Å². The molecule has 0 radical (unpaired) electrons. The average Bonchev–Trinajstić information content (AvgIpc) is 3.31. The van der Waals surface area contributed by atoms with Gasteiger partial charge in [0.2, 0.25) is 17.6 Å². The number of benzene rings is 2. The van der Waals surface area contributed by atoms with E-state index in [9.17, 15) is 9.18 Å². The van der Waals surface area contributed by atoms with Gasteiger partial charge >= 0.3 is 0 Å². The van der Waals surface area contributed by atoms with Crippen molar-refractivity contribution in [3.8, 4) is 17.1 Å². The Hall–Kier alpha value is -3.22. The van der Waals surface area contributed by atoms with Crippen LogP contribution in [0.2, 0.25) is 0 Å². The quantitative estimate of drug-likeness (QED) is 0.703. The summed E-state index contributed by atoms with van der Waals surface area (Å²) in [6, 6.07) is 12.2. The normalized spacial score (nSPS) is 16.8. The molecule has 7 heteroatoms. The minimum Gasteiger partial charge on any atom is -0.496 e. The zero-order valence-electron chi connectivity index (χ0n) is 15.0. The van der Waals surface area contributed by atoms with E-state index in [1.54, 1.807) is 31.1 Å². The Labute approximate surface area is 155 Å². The van der Waals surface area contributed by atoms with Crippen molar-refractivity contribution < 1.29 is 18.4 Å². The molecule has 0 bridgehead atoms. The Kier molecular flexibility index (Phi) is 4.35. The number of hydrogen-bond acceptors (Lipinski definition) is 5. The van der Waals surface area contributed by atoms with Gasteiger partial charge in [-0.1, -0.05) is 23.4 Å². The van der Waals surface area contributed by atoms with Gasteiger partial charge in [0, 0.05) is 18.7 Å². The zero-order chi connectivity index (χ0) is 19.0. The number of carbonyl (C=O) groups is 1. The van der Waals surface area contributed by atoms with Gasteiger partial charge < -0.3 is 14.2 Å². The monoisotopic (exact) mass is 367 g/mol. The molecule has 0 spiro atoms. The minimum absolute atomic E-state index is 0.0969. The molecule has 0 N–H and O–H groups in total. The van der Waals surface area contributed by atoms with Crippen LogP contribution in [0, 0.1) is 12.7 Å². The standard InChI is InChI=1S/C20H18FN3O3/c1-12-7-8-14(10-16(12)21)24-11-13(9-18(24)25)20-22-19(23-27-20)15-5-3-4-6-17(15)26-2/h3-8,10,13H,9,11H2,1-2H3. The Morgan fingerprint density at radius 3 is 2.85 bits per heavy atom. The molecule has 1 aromatic heterocycles. The molecule has 6 nitrogen and oxygen atoms in total. The summed E-state index contributed by atoms with van der Waals surface area (Å²) >= 11 is 0. The Morgan fingerprint density at radius 1 is 1.26 bits per heavy atom. The van der Waals surface area contributed by atoms with Gasteiger partial charge in [-0.05, 0) is 36.8 Å². The third-order valence-electron chi connectivity index (χ3n) is 4.73. The molecule has 2 heterocycles. The van der Waals surface area contributed by atoms with Crippen LogP contribution < -0.4 is 9.64 Å². The van der Waals surface area contributed by atoms with E-state index in [-0.39, 0.29) is 24.1 Å². The molecule has 1 aliphatic rings. The van der Waals surface area contributed by atoms with Crippen LogP contribution in [0.3, 0.4) is 0 Å². The highest BCUT2D eigenvalue weighted by Crippen LogP contribution is 2.34. The average molecular weight is 367 g/mol. The lowest BCUT2D eigenvalue weighted by molar-refractivity contribution is -0.117. The highest BCUT2D eigenvalue weighted by Gasteiger charge is 2.35. The van der Waals surface area contributed by atoms with Crippen LogP contribution in [0.15, 0.2) is 47.0 Å². The number of hydrogen-bond donors (Lipinski definition) is 0. The highest BCUT2D eigenvalue weighted by atomic mass is 19.1. The van der Waals surface area contributed by atoms with Gasteiger partial charge in [-0.15, -0.1) is 0 Å². The maximum absolute atomic E-state index is 13.9. The number of ether oxygens (including phenoxy) is 1. The summed E-state index contributed by atoms with van der Waals surface area (Å²) in [5.41, 5.74) is 1.80. The van der Waals surface area contributed by atoms with Crippen LogP contribution in [-0.4, -0.2) is 29.7 Å². The second-order valence-corrected chi connectivity index (χ2v) is 6.50. The lowest BCUT2D eigenvalue weighted by atomic mass is 10.1. The summed E-state index contributed by atoms with van der Waals surface area (Å²) in [5, 5.41) is 4.03. The van der Waals surface area contributed by atoms with E-state index in [0.717, 1.165) is 5.56 Å². The predicted octanol–water partition coefficient (Wildman–Crippen LogP) is 3.71. The summed E-state index contributed by atoms with van der Waals surface area (Å²) in [6.45, 7) is 2.06. The van der Waals surface area contributed by atoms with Crippen LogP contribution in [0.5, 0.6) is 5.75 Å². The first-order chi connectivity index (χ1) is 13.1. The Morgan fingerprint density at radius 2 is 2.07 bits per heavy atom. The molecule has 27 heavy (non-hydrogen) atoms. The molecule has 1 unspecified atom stereocenters. The summed E-state index contributed by atoms with van der Waals surface area (Å²) in [7, 11) is 1.58. The number of aromatic nitrogens is 2. The molecule has 3 aromatic rings. The number of methoxy groups -OCH3 is 1. The van der Waals surface area contributed by atoms with Crippen molar-refractivity contribution in [1.82, 2.24) is 10.1 Å². The highest BCUT2D eigenvalue weighted by molar-refractivity contribution is 5.96. The maximum Gasteiger partial charge on any atom is 0.232 e. The second-order valence-electron chi connectivity index (χ2n) is 6.50. The van der Waals surface area contributed by atoms with Gasteiger partial charge in [0.1, 0.15) is 11.6 Å². The minimum atomic E-state index is -0.333. The first-order valence-electron chi connectivity index (χ1n) is 8.60. The fourth-order valence-corrected chi connectivity index (χ4v) is 3.21. The zero-order valence-corrected chi connectivity index (χ0v) is 15.0. The number of para-hydroxylation sites is 1. The van der Waals surface area contributed by atoms with E-state index in [0.29, 0.717) is 35.3 Å². The number of aryl methyl sites for hydroxylation is 1. The summed E-state index contributed by atoms with van der Waals surface area (Å²) in [4.78, 5) is 18.4. The largest absolute Gasteiger partial charge is 0.496 e. The van der Waals surface area contributed by atoms with Crippen LogP contribution in [0.4, 0.5) is 10.1 Å². The van der Waals surface area contributed by atoms with E-state index in [1.165, 1.54) is 6.07 Å². The molecule has 1 amide bonds. The van der Waals surface area contributed by atoms with Crippen LogP contribution in [0.1, 0.15) is 23.8 Å². The summed E-state index contributed by atoms with van der Waals surface area (Å²) in [5.74, 6) is 0.774. The molecular formula is C20H18FN3O3. The number of rotatable bonds is 4. The van der Waals surface area contributed by atoms with Gasteiger partial charge in [0.05, 0.1) is 18.6 Å². The van der Waals surface area contributed by atoms with Gasteiger partial charge in [-0.3, -0.25) is 4.79 Å². The molecular weight excluding hydrogens is 349 g/mol. The molecule has 1 saturated heterocycles. The molecule has 4 rings (SSSR count). The summed E-state index contributed by atoms with van der Waals surface area (Å²) < 4.78 is 24.6. The van der Waals surface area contributed by atoms with Crippen LogP contribution >= 0.6 is 0 Å². The van der Waals surface area contributed by atoms with Crippen molar-refractivity contribution in [3.63, 3.8) is 0 Å². The topological polar surface area (TPSA) is 68.5 Å². The van der Waals surface area contributed by atoms with E-state index >= 15 is 0 Å². The third kappa shape index (κ3) is 3.16. The van der Waals surface area contributed by atoms with E-state index in [4.69, 9.17) is 9.26 Å². The number of halogens is 1. The van der Waals surface area contributed by atoms with E-state index in [2.05, 4.69) is 10.1 Å². The van der Waals surface area contributed by atoms with Crippen molar-refractivity contribution in [3.05, 3.63) is 59.7 Å². The number of carbonyl (C=O) groups excluding carboxylic acids is 1. The lowest BCUT2D eigenvalue weighted by Crippen LogP contribution is -2.24. The van der Waals surface area contributed by atoms with Crippen molar-refractivity contribution in [2.45, 2.75) is 19.3 Å². The molecule has 0 aliphatic carbocycles. The molecule has 138 valence electrons. The van der Waals surface area contributed by atoms with Gasteiger partial charge in [0.15, 0.2) is 0 Å². The number of anilines is 1. The van der Waals surface area contributed by atoms with Gasteiger partial charge in [-0.25, -0.2) is 4.39 Å². The molecule has 0 saturated carbocycles. The molecule has 2 aromatic carbocycles. The summed E-state index contributed by atoms with van der Waals surface area (Å²) in [6.07, 6.45) is 0.239. The fourth-order valence-electron chi connectivity index (χ4n) is 3.21. The smallest absolute Gasteiger partial charge is 0.232 e. The Bertz CT molecular complexity index is 1000. The van der Waals surface area contributed by atoms with Crippen molar-refractivity contribution >= 4 is 11.6 Å². The van der Waals surface area contributed by atoms with Crippen LogP contribution in [0.25, 0.3) is 11.4 Å². The van der Waals surface area contributed by atoms with E-state index < -0.39 is 0 Å². The van der Waals surface area contributed by atoms with Crippen molar-refractivity contribution in [2.75, 3.05) is 18.6 Å². The number of nitrogens with zero attached hydrogens (tertiary/aromatic N) is 3. The maximum atomic E-state index is 13.9.